The quantitative estimate of drug-likeness (QED) is 0.783. The van der Waals surface area contributed by atoms with Crippen LogP contribution in [0.25, 0.3) is 0 Å². The van der Waals surface area contributed by atoms with Crippen molar-refractivity contribution in [2.45, 2.75) is 19.0 Å². The van der Waals surface area contributed by atoms with E-state index in [2.05, 4.69) is 9.97 Å². The smallest absolute Gasteiger partial charge is 0.252 e. The van der Waals surface area contributed by atoms with Crippen LogP contribution in [-0.4, -0.2) is 41.7 Å². The standard InChI is InChI=1S/C17H17ClN4O2/c1-11(12-5-3-2-4-6-12)22-13-9-19-17(18)20-15(13)21-7-8-24-10-14(21)16(22)23/h2-6,9,11,14H,7-8,10H2,1H3/t11-,14?/m0/s1. The third kappa shape index (κ3) is 2.42. The Kier molecular flexibility index (Phi) is 3.86. The van der Waals surface area contributed by atoms with Gasteiger partial charge >= 0.3 is 0 Å². The molecule has 2 aromatic rings. The SMILES string of the molecule is C[C@@H](c1ccccc1)N1C(=O)C2COCCN2c2nc(Cl)ncc21. The molecule has 1 aromatic heterocycles. The lowest BCUT2D eigenvalue weighted by atomic mass is 10.0. The fourth-order valence-corrected chi connectivity index (χ4v) is 3.48. The number of nitrogens with zero attached hydrogens (tertiary/aromatic N) is 4. The highest BCUT2D eigenvalue weighted by molar-refractivity contribution is 6.28. The van der Waals surface area contributed by atoms with Gasteiger partial charge in [0.05, 0.1) is 25.5 Å². The van der Waals surface area contributed by atoms with Crippen molar-refractivity contribution < 1.29 is 9.53 Å². The Labute approximate surface area is 145 Å². The number of hydrogen-bond donors (Lipinski definition) is 0. The fourth-order valence-electron chi connectivity index (χ4n) is 3.35. The molecule has 124 valence electrons. The van der Waals surface area contributed by atoms with Crippen LogP contribution < -0.4 is 9.80 Å². The molecule has 0 bridgehead atoms. The number of rotatable bonds is 2. The molecular weight excluding hydrogens is 328 g/mol. The maximum absolute atomic E-state index is 13.1. The van der Waals surface area contributed by atoms with Gasteiger partial charge in [-0.05, 0) is 24.1 Å². The van der Waals surface area contributed by atoms with Crippen molar-refractivity contribution in [3.63, 3.8) is 0 Å². The van der Waals surface area contributed by atoms with Gasteiger partial charge < -0.3 is 9.64 Å². The Balaban J connectivity index is 1.82. The zero-order valence-corrected chi connectivity index (χ0v) is 14.0. The number of benzene rings is 1. The van der Waals surface area contributed by atoms with E-state index in [1.54, 1.807) is 11.1 Å². The number of carbonyl (C=O) groups excluding carboxylic acids is 1. The molecule has 1 unspecified atom stereocenters. The molecule has 6 nitrogen and oxygen atoms in total. The largest absolute Gasteiger partial charge is 0.377 e. The van der Waals surface area contributed by atoms with Crippen molar-refractivity contribution in [1.29, 1.82) is 0 Å². The molecule has 0 saturated carbocycles. The van der Waals surface area contributed by atoms with Gasteiger partial charge in [0.1, 0.15) is 11.7 Å². The van der Waals surface area contributed by atoms with Crippen molar-refractivity contribution in [3.05, 3.63) is 47.4 Å². The molecule has 7 heteroatoms. The van der Waals surface area contributed by atoms with Crippen molar-refractivity contribution >= 4 is 29.0 Å². The van der Waals surface area contributed by atoms with Crippen LogP contribution in [0.3, 0.4) is 0 Å². The Morgan fingerprint density at radius 2 is 2.12 bits per heavy atom. The second kappa shape index (κ2) is 6.03. The summed E-state index contributed by atoms with van der Waals surface area (Å²) in [5.74, 6) is 0.704. The number of fused-ring (bicyclic) bond motifs is 3. The molecule has 2 aliphatic heterocycles. The summed E-state index contributed by atoms with van der Waals surface area (Å²) in [5, 5.41) is 0.181. The van der Waals surface area contributed by atoms with E-state index in [4.69, 9.17) is 16.3 Å². The average Bonchev–Trinajstić information content (AvgIpc) is 2.63. The number of aromatic nitrogens is 2. The van der Waals surface area contributed by atoms with Gasteiger partial charge in [-0.25, -0.2) is 4.98 Å². The number of carbonyl (C=O) groups is 1. The molecule has 0 aliphatic carbocycles. The van der Waals surface area contributed by atoms with Crippen LogP contribution in [0.1, 0.15) is 18.5 Å². The Hall–Kier alpha value is -2.18. The third-order valence-corrected chi connectivity index (χ3v) is 4.75. The molecule has 1 fully saturated rings. The number of hydrogen-bond acceptors (Lipinski definition) is 5. The van der Waals surface area contributed by atoms with Crippen molar-refractivity contribution in [2.24, 2.45) is 0 Å². The van der Waals surface area contributed by atoms with Crippen molar-refractivity contribution in [1.82, 2.24) is 9.97 Å². The fraction of sp³-hybridized carbons (Fsp3) is 0.353. The van der Waals surface area contributed by atoms with Crippen molar-refractivity contribution in [2.75, 3.05) is 29.6 Å². The van der Waals surface area contributed by atoms with E-state index in [1.807, 2.05) is 42.2 Å². The van der Waals surface area contributed by atoms with Crippen LogP contribution in [0.5, 0.6) is 0 Å². The van der Waals surface area contributed by atoms with Gasteiger partial charge in [-0.1, -0.05) is 30.3 Å². The summed E-state index contributed by atoms with van der Waals surface area (Å²) in [6, 6.07) is 9.41. The van der Waals surface area contributed by atoms with E-state index < -0.39 is 0 Å². The van der Waals surface area contributed by atoms with Crippen LogP contribution >= 0.6 is 11.6 Å². The molecule has 24 heavy (non-hydrogen) atoms. The lowest BCUT2D eigenvalue weighted by Crippen LogP contribution is -2.59. The minimum absolute atomic E-state index is 0.00414. The number of anilines is 2. The molecule has 4 rings (SSSR count). The highest BCUT2D eigenvalue weighted by atomic mass is 35.5. The predicted molar refractivity (Wildman–Crippen MR) is 91.3 cm³/mol. The molecule has 0 radical (unpaired) electrons. The van der Waals surface area contributed by atoms with E-state index in [0.29, 0.717) is 31.3 Å². The summed E-state index contributed by atoms with van der Waals surface area (Å²) in [6.45, 7) is 3.55. The van der Waals surface area contributed by atoms with E-state index in [0.717, 1.165) is 5.56 Å². The minimum Gasteiger partial charge on any atom is -0.377 e. The maximum atomic E-state index is 13.1. The van der Waals surface area contributed by atoms with Gasteiger partial charge in [0.25, 0.3) is 5.91 Å². The Morgan fingerprint density at radius 1 is 1.33 bits per heavy atom. The lowest BCUT2D eigenvalue weighted by Gasteiger charge is -2.45. The second-order valence-electron chi connectivity index (χ2n) is 5.93. The van der Waals surface area contributed by atoms with E-state index in [9.17, 15) is 4.79 Å². The van der Waals surface area contributed by atoms with E-state index >= 15 is 0 Å². The first-order valence-electron chi connectivity index (χ1n) is 7.92. The number of morpholine rings is 1. The lowest BCUT2D eigenvalue weighted by molar-refractivity contribution is -0.123. The van der Waals surface area contributed by atoms with Crippen LogP contribution in [0.4, 0.5) is 11.5 Å². The monoisotopic (exact) mass is 344 g/mol. The zero-order valence-electron chi connectivity index (χ0n) is 13.2. The van der Waals surface area contributed by atoms with Gasteiger partial charge in [-0.3, -0.25) is 9.69 Å². The maximum Gasteiger partial charge on any atom is 0.252 e. The summed E-state index contributed by atoms with van der Waals surface area (Å²) in [6.07, 6.45) is 1.63. The number of amides is 1. The minimum atomic E-state index is -0.372. The van der Waals surface area contributed by atoms with E-state index in [1.165, 1.54) is 0 Å². The molecule has 0 N–H and O–H groups in total. The molecule has 2 aliphatic rings. The molecule has 1 amide bonds. The van der Waals surface area contributed by atoms with Gasteiger partial charge in [0.2, 0.25) is 5.28 Å². The first-order chi connectivity index (χ1) is 11.7. The summed E-state index contributed by atoms with van der Waals surface area (Å²) in [5.41, 5.74) is 1.75. The van der Waals surface area contributed by atoms with Gasteiger partial charge in [0.15, 0.2) is 5.82 Å². The predicted octanol–water partition coefficient (Wildman–Crippen LogP) is 2.44. The van der Waals surface area contributed by atoms with Gasteiger partial charge in [-0.2, -0.15) is 4.98 Å². The summed E-state index contributed by atoms with van der Waals surface area (Å²) in [4.78, 5) is 25.4. The highest BCUT2D eigenvalue weighted by Gasteiger charge is 2.43. The zero-order chi connectivity index (χ0) is 16.7. The Morgan fingerprint density at radius 3 is 2.92 bits per heavy atom. The van der Waals surface area contributed by atoms with Crippen LogP contribution in [-0.2, 0) is 9.53 Å². The highest BCUT2D eigenvalue weighted by Crippen LogP contribution is 2.40. The summed E-state index contributed by atoms with van der Waals surface area (Å²) in [7, 11) is 0. The van der Waals surface area contributed by atoms with Crippen molar-refractivity contribution in [3.8, 4) is 0 Å². The average molecular weight is 345 g/mol. The first-order valence-corrected chi connectivity index (χ1v) is 8.29. The topological polar surface area (TPSA) is 58.6 Å². The number of ether oxygens (including phenoxy) is 1. The van der Waals surface area contributed by atoms with Gasteiger partial charge in [-0.15, -0.1) is 0 Å². The summed E-state index contributed by atoms with van der Waals surface area (Å²) < 4.78 is 5.52. The molecule has 1 aromatic carbocycles. The van der Waals surface area contributed by atoms with Crippen LogP contribution in [0.2, 0.25) is 5.28 Å². The second-order valence-corrected chi connectivity index (χ2v) is 6.26. The number of halogens is 1. The molecule has 0 spiro atoms. The molecule has 2 atom stereocenters. The van der Waals surface area contributed by atoms with Crippen LogP contribution in [0, 0.1) is 0 Å². The van der Waals surface area contributed by atoms with E-state index in [-0.39, 0.29) is 23.3 Å². The normalized spacial score (nSPS) is 21.2. The molecule has 1 saturated heterocycles. The Bertz CT molecular complexity index is 770. The summed E-state index contributed by atoms with van der Waals surface area (Å²) >= 11 is 6.00. The van der Waals surface area contributed by atoms with Crippen LogP contribution in [0.15, 0.2) is 36.5 Å². The van der Waals surface area contributed by atoms with Gasteiger partial charge in [0, 0.05) is 6.54 Å². The molecule has 3 heterocycles. The third-order valence-electron chi connectivity index (χ3n) is 4.57. The first kappa shape index (κ1) is 15.4. The molecular formula is C17H17ClN4O2.